The number of benzene rings is 1. The van der Waals surface area contributed by atoms with Gasteiger partial charge in [0.05, 0.1) is 10.6 Å². The van der Waals surface area contributed by atoms with Crippen LogP contribution in [0.4, 0.5) is 23.7 Å². The summed E-state index contributed by atoms with van der Waals surface area (Å²) in [5.41, 5.74) is -6.12. The lowest BCUT2D eigenvalue weighted by molar-refractivity contribution is -0.123. The normalized spacial score (nSPS) is 18.7. The number of alkyl halides is 3. The maximum absolute atomic E-state index is 13.3. The van der Waals surface area contributed by atoms with Crippen molar-refractivity contribution in [2.75, 3.05) is 37.6 Å². The fourth-order valence-electron chi connectivity index (χ4n) is 4.54. The molecule has 39 heavy (non-hydrogen) atoms. The predicted molar refractivity (Wildman–Crippen MR) is 134 cm³/mol. The number of likely N-dealkylation sites (N-methyl/N-ethyl adjacent to an activating group) is 1. The SMILES string of the molecule is CCN1CCN(C(=O)c2cc(CN3C(=O)N(c4ccc(S(=O)(=O)C(F)(F)F)cc4)C(=O)C3(C)C)ccn2)CC1. The van der Waals surface area contributed by atoms with Gasteiger partial charge in [-0.25, -0.2) is 18.1 Å². The van der Waals surface area contributed by atoms with Crippen LogP contribution in [0.1, 0.15) is 36.8 Å². The summed E-state index contributed by atoms with van der Waals surface area (Å²) in [5.74, 6) is -0.871. The van der Waals surface area contributed by atoms with Crippen molar-refractivity contribution in [2.45, 2.75) is 43.3 Å². The van der Waals surface area contributed by atoms with Gasteiger partial charge in [0.25, 0.3) is 21.7 Å². The molecule has 0 aliphatic carbocycles. The van der Waals surface area contributed by atoms with E-state index in [0.717, 1.165) is 36.7 Å². The molecule has 0 spiro atoms. The summed E-state index contributed by atoms with van der Waals surface area (Å²) in [6.45, 7) is 8.64. The number of imide groups is 1. The molecule has 2 aliphatic heterocycles. The van der Waals surface area contributed by atoms with Crippen molar-refractivity contribution < 1.29 is 36.0 Å². The summed E-state index contributed by atoms with van der Waals surface area (Å²) in [5, 5.41) is 0. The Morgan fingerprint density at radius 1 is 1.03 bits per heavy atom. The van der Waals surface area contributed by atoms with E-state index < -0.39 is 37.7 Å². The van der Waals surface area contributed by atoms with Gasteiger partial charge in [0.15, 0.2) is 0 Å². The Bertz CT molecular complexity index is 1390. The van der Waals surface area contributed by atoms with Gasteiger partial charge in [0, 0.05) is 38.9 Å². The maximum Gasteiger partial charge on any atom is 0.501 e. The number of hydrogen-bond donors (Lipinski definition) is 0. The van der Waals surface area contributed by atoms with Gasteiger partial charge in [0.1, 0.15) is 11.2 Å². The van der Waals surface area contributed by atoms with Gasteiger partial charge in [-0.2, -0.15) is 13.2 Å². The van der Waals surface area contributed by atoms with Gasteiger partial charge < -0.3 is 14.7 Å². The highest BCUT2D eigenvalue weighted by Crippen LogP contribution is 2.35. The molecule has 14 heteroatoms. The number of anilines is 1. The average Bonchev–Trinajstić information content (AvgIpc) is 3.07. The molecule has 2 saturated heterocycles. The van der Waals surface area contributed by atoms with E-state index in [1.807, 2.05) is 0 Å². The maximum atomic E-state index is 13.3. The van der Waals surface area contributed by atoms with Crippen LogP contribution in [-0.2, 0) is 21.2 Å². The van der Waals surface area contributed by atoms with Gasteiger partial charge in [-0.3, -0.25) is 14.6 Å². The first kappa shape index (κ1) is 28.5. The van der Waals surface area contributed by atoms with Gasteiger partial charge in [-0.15, -0.1) is 0 Å². The van der Waals surface area contributed by atoms with Crippen LogP contribution in [0, 0.1) is 0 Å². The molecular formula is C25H28F3N5O5S. The quantitative estimate of drug-likeness (QED) is 0.494. The largest absolute Gasteiger partial charge is 0.501 e. The molecule has 0 bridgehead atoms. The fraction of sp³-hybridized carbons (Fsp3) is 0.440. The van der Waals surface area contributed by atoms with Gasteiger partial charge in [-0.05, 0) is 62.4 Å². The molecule has 0 N–H and O–H groups in total. The number of aromatic nitrogens is 1. The van der Waals surface area contributed by atoms with E-state index in [1.54, 1.807) is 17.0 Å². The van der Waals surface area contributed by atoms with E-state index in [9.17, 15) is 36.0 Å². The molecule has 2 aromatic rings. The Kier molecular flexibility index (Phi) is 7.47. The van der Waals surface area contributed by atoms with Crippen LogP contribution in [0.3, 0.4) is 0 Å². The molecule has 1 aromatic heterocycles. The first-order chi connectivity index (χ1) is 18.2. The van der Waals surface area contributed by atoms with Crippen LogP contribution in [0.5, 0.6) is 0 Å². The van der Waals surface area contributed by atoms with Crippen molar-refractivity contribution in [3.05, 3.63) is 53.9 Å². The van der Waals surface area contributed by atoms with Gasteiger partial charge in [0.2, 0.25) is 0 Å². The Morgan fingerprint density at radius 2 is 1.64 bits per heavy atom. The lowest BCUT2D eigenvalue weighted by Crippen LogP contribution is -2.48. The fourth-order valence-corrected chi connectivity index (χ4v) is 5.30. The number of pyridine rings is 1. The number of piperazine rings is 1. The van der Waals surface area contributed by atoms with Crippen molar-refractivity contribution >= 4 is 33.4 Å². The Hall–Kier alpha value is -3.52. The molecule has 2 fully saturated rings. The highest BCUT2D eigenvalue weighted by molar-refractivity contribution is 7.92. The van der Waals surface area contributed by atoms with Crippen molar-refractivity contribution in [2.24, 2.45) is 0 Å². The zero-order valence-electron chi connectivity index (χ0n) is 21.6. The lowest BCUT2D eigenvalue weighted by Gasteiger charge is -2.34. The lowest BCUT2D eigenvalue weighted by atomic mass is 10.0. The van der Waals surface area contributed by atoms with Crippen LogP contribution in [0.25, 0.3) is 0 Å². The summed E-state index contributed by atoms with van der Waals surface area (Å²) >= 11 is 0. The number of sulfone groups is 1. The molecule has 3 heterocycles. The van der Waals surface area contributed by atoms with Crippen LogP contribution in [0.2, 0.25) is 0 Å². The minimum Gasteiger partial charge on any atom is -0.335 e. The summed E-state index contributed by atoms with van der Waals surface area (Å²) in [7, 11) is -5.58. The van der Waals surface area contributed by atoms with Gasteiger partial charge in [-0.1, -0.05) is 6.92 Å². The third-order valence-electron chi connectivity index (χ3n) is 7.02. The molecule has 1 aromatic carbocycles. The summed E-state index contributed by atoms with van der Waals surface area (Å²) in [6, 6.07) is 5.83. The highest BCUT2D eigenvalue weighted by atomic mass is 32.2. The molecule has 0 unspecified atom stereocenters. The monoisotopic (exact) mass is 567 g/mol. The molecular weight excluding hydrogens is 539 g/mol. The second-order valence-electron chi connectivity index (χ2n) is 9.79. The third-order valence-corrected chi connectivity index (χ3v) is 8.53. The summed E-state index contributed by atoms with van der Waals surface area (Å²) in [4.78, 5) is 48.8. The van der Waals surface area contributed by atoms with E-state index in [1.165, 1.54) is 24.9 Å². The minimum absolute atomic E-state index is 0.0407. The second kappa shape index (κ2) is 10.2. The Labute approximate surface area is 223 Å². The molecule has 4 rings (SSSR count). The number of hydrogen-bond acceptors (Lipinski definition) is 7. The minimum atomic E-state index is -5.58. The van der Waals surface area contributed by atoms with Crippen molar-refractivity contribution in [1.29, 1.82) is 0 Å². The molecule has 10 nitrogen and oxygen atoms in total. The number of carbonyl (C=O) groups excluding carboxylic acids is 3. The first-order valence-corrected chi connectivity index (χ1v) is 13.7. The van der Waals surface area contributed by atoms with Gasteiger partial charge >= 0.3 is 11.5 Å². The van der Waals surface area contributed by atoms with Crippen LogP contribution in [-0.4, -0.2) is 89.7 Å². The molecule has 0 radical (unpaired) electrons. The second-order valence-corrected chi connectivity index (χ2v) is 11.7. The van der Waals surface area contributed by atoms with E-state index >= 15 is 0 Å². The third kappa shape index (κ3) is 5.22. The molecule has 4 amide bonds. The summed E-state index contributed by atoms with van der Waals surface area (Å²) in [6.07, 6.45) is 1.46. The smallest absolute Gasteiger partial charge is 0.335 e. The molecule has 0 saturated carbocycles. The number of halogens is 3. The molecule has 2 aliphatic rings. The zero-order valence-corrected chi connectivity index (χ0v) is 22.4. The Morgan fingerprint density at radius 3 is 2.21 bits per heavy atom. The van der Waals surface area contributed by atoms with Crippen LogP contribution >= 0.6 is 0 Å². The van der Waals surface area contributed by atoms with E-state index in [2.05, 4.69) is 16.8 Å². The number of rotatable bonds is 6. The number of nitrogens with zero attached hydrogens (tertiary/aromatic N) is 5. The van der Waals surface area contributed by atoms with Crippen molar-refractivity contribution in [3.63, 3.8) is 0 Å². The van der Waals surface area contributed by atoms with E-state index in [-0.39, 0.29) is 23.8 Å². The van der Waals surface area contributed by atoms with Crippen LogP contribution < -0.4 is 4.90 Å². The number of carbonyl (C=O) groups is 3. The number of urea groups is 1. The zero-order chi connectivity index (χ0) is 28.8. The standard InChI is InChI=1S/C25H28F3N5O5S/c1-4-30-11-13-31(14-12-30)21(34)20-15-17(9-10-29-20)16-32-23(36)33(22(35)24(32,2)3)18-5-7-19(8-6-18)39(37,38)25(26,27)28/h5-10,15H,4,11-14,16H2,1-3H3. The number of amides is 4. The topological polar surface area (TPSA) is 111 Å². The highest BCUT2D eigenvalue weighted by Gasteiger charge is 2.52. The predicted octanol–water partition coefficient (Wildman–Crippen LogP) is 2.90. The van der Waals surface area contributed by atoms with E-state index in [4.69, 9.17) is 0 Å². The first-order valence-electron chi connectivity index (χ1n) is 12.2. The molecule has 210 valence electrons. The average molecular weight is 568 g/mol. The van der Waals surface area contributed by atoms with Crippen molar-refractivity contribution in [1.82, 2.24) is 19.7 Å². The summed E-state index contributed by atoms with van der Waals surface area (Å²) < 4.78 is 62.0. The molecule has 0 atom stereocenters. The van der Waals surface area contributed by atoms with Crippen LogP contribution in [0.15, 0.2) is 47.5 Å². The van der Waals surface area contributed by atoms with Crippen molar-refractivity contribution in [3.8, 4) is 0 Å². The van der Waals surface area contributed by atoms with E-state index in [0.29, 0.717) is 30.8 Å². The Balaban J connectivity index is 1.54.